The summed E-state index contributed by atoms with van der Waals surface area (Å²) in [6, 6.07) is 9.37. The lowest BCUT2D eigenvalue weighted by atomic mass is 9.96. The smallest absolute Gasteiger partial charge is 0.230 e. The molecular weight excluding hydrogens is 390 g/mol. The molecule has 1 aliphatic heterocycles. The number of carbonyl (C=O) groups excluding carboxylic acids is 1. The molecule has 1 heterocycles. The number of rotatable bonds is 10. The first-order valence-electron chi connectivity index (χ1n) is 10.3. The van der Waals surface area contributed by atoms with Gasteiger partial charge in [-0.1, -0.05) is 13.3 Å². The Balaban J connectivity index is 2.05. The third-order valence-corrected chi connectivity index (χ3v) is 7.08. The number of unbranched alkanes of at least 4 members (excludes halogenated alkanes) is 1. The maximum Gasteiger partial charge on any atom is 0.230 e. The van der Waals surface area contributed by atoms with Crippen molar-refractivity contribution in [2.45, 2.75) is 46.0 Å². The summed E-state index contributed by atoms with van der Waals surface area (Å²) in [6.45, 7) is 5.51. The molecule has 0 radical (unpaired) electrons. The number of nitriles is 1. The van der Waals surface area contributed by atoms with E-state index in [1.165, 1.54) is 4.31 Å². The van der Waals surface area contributed by atoms with Crippen LogP contribution in [0.4, 0.5) is 5.69 Å². The van der Waals surface area contributed by atoms with E-state index in [9.17, 15) is 13.2 Å². The number of piperidine rings is 1. The van der Waals surface area contributed by atoms with Crippen molar-refractivity contribution in [2.24, 2.45) is 5.92 Å². The first-order valence-corrected chi connectivity index (χ1v) is 11.9. The van der Waals surface area contributed by atoms with E-state index in [4.69, 9.17) is 10.00 Å². The fraction of sp³-hybridized carbons (Fsp3) is 0.619. The second kappa shape index (κ2) is 11.2. The van der Waals surface area contributed by atoms with Crippen molar-refractivity contribution >= 4 is 21.6 Å². The number of hydrogen-bond acceptors (Lipinski definition) is 5. The molecule has 8 heteroatoms. The summed E-state index contributed by atoms with van der Waals surface area (Å²) < 4.78 is 31.7. The second-order valence-electron chi connectivity index (χ2n) is 7.17. The summed E-state index contributed by atoms with van der Waals surface area (Å²) in [5.74, 6) is 0.616. The lowest BCUT2D eigenvalue weighted by Crippen LogP contribution is -2.45. The Morgan fingerprint density at radius 2 is 1.90 bits per heavy atom. The maximum atomic E-state index is 13.2. The molecule has 0 saturated carbocycles. The van der Waals surface area contributed by atoms with Crippen LogP contribution >= 0.6 is 0 Å². The summed E-state index contributed by atoms with van der Waals surface area (Å²) in [4.78, 5) is 14.8. The summed E-state index contributed by atoms with van der Waals surface area (Å²) in [5, 5.41) is 8.98. The van der Waals surface area contributed by atoms with Gasteiger partial charge in [-0.3, -0.25) is 4.79 Å². The second-order valence-corrected chi connectivity index (χ2v) is 9.26. The van der Waals surface area contributed by atoms with Gasteiger partial charge in [-0.15, -0.1) is 0 Å². The number of anilines is 1. The van der Waals surface area contributed by atoms with Crippen LogP contribution in [0.2, 0.25) is 0 Å². The van der Waals surface area contributed by atoms with E-state index < -0.39 is 10.0 Å². The number of hydrogen-bond donors (Lipinski definition) is 0. The highest BCUT2D eigenvalue weighted by molar-refractivity contribution is 7.89. The van der Waals surface area contributed by atoms with Gasteiger partial charge in [0.05, 0.1) is 24.8 Å². The van der Waals surface area contributed by atoms with E-state index in [1.54, 1.807) is 4.90 Å². The zero-order valence-corrected chi connectivity index (χ0v) is 18.2. The molecule has 0 atom stereocenters. The average Bonchev–Trinajstić information content (AvgIpc) is 2.74. The van der Waals surface area contributed by atoms with Crippen molar-refractivity contribution in [3.8, 4) is 11.8 Å². The Bertz CT molecular complexity index is 794. The van der Waals surface area contributed by atoms with Gasteiger partial charge in [-0.25, -0.2) is 12.7 Å². The Morgan fingerprint density at radius 1 is 1.24 bits per heavy atom. The first-order chi connectivity index (χ1) is 13.9. The molecular formula is C21H31N3O4S. The van der Waals surface area contributed by atoms with Crippen LogP contribution < -0.4 is 9.64 Å². The summed E-state index contributed by atoms with van der Waals surface area (Å²) >= 11 is 0. The van der Waals surface area contributed by atoms with Gasteiger partial charge in [-0.2, -0.15) is 5.26 Å². The summed E-state index contributed by atoms with van der Waals surface area (Å²) in [6.07, 6.45) is 2.74. The molecule has 0 unspecified atom stereocenters. The normalized spacial score (nSPS) is 15.6. The third kappa shape index (κ3) is 6.44. The van der Waals surface area contributed by atoms with Gasteiger partial charge < -0.3 is 9.64 Å². The van der Waals surface area contributed by atoms with E-state index in [0.29, 0.717) is 45.5 Å². The molecule has 1 saturated heterocycles. The highest BCUT2D eigenvalue weighted by atomic mass is 32.2. The molecule has 0 aliphatic carbocycles. The minimum absolute atomic E-state index is 0.0463. The maximum absolute atomic E-state index is 13.2. The van der Waals surface area contributed by atoms with E-state index in [2.05, 4.69) is 6.07 Å². The predicted octanol–water partition coefficient (Wildman–Crippen LogP) is 3.17. The minimum atomic E-state index is -3.24. The SMILES string of the molecule is CCCCS(=O)(=O)N1CCC(C(=O)N(CCC#N)c2ccc(OCC)cc2)CC1. The molecule has 160 valence electrons. The van der Waals surface area contributed by atoms with Gasteiger partial charge in [0.2, 0.25) is 15.9 Å². The monoisotopic (exact) mass is 421 g/mol. The van der Waals surface area contributed by atoms with Crippen LogP contribution in [0.5, 0.6) is 5.75 Å². The van der Waals surface area contributed by atoms with Crippen LogP contribution in [-0.4, -0.2) is 50.6 Å². The Hall–Kier alpha value is -2.11. The fourth-order valence-corrected chi connectivity index (χ4v) is 5.15. The summed E-state index contributed by atoms with van der Waals surface area (Å²) in [7, 11) is -3.24. The zero-order chi connectivity index (χ0) is 21.3. The van der Waals surface area contributed by atoms with Crippen LogP contribution in [0.15, 0.2) is 24.3 Å². The van der Waals surface area contributed by atoms with Gasteiger partial charge in [0.1, 0.15) is 5.75 Å². The summed E-state index contributed by atoms with van der Waals surface area (Å²) in [5.41, 5.74) is 0.728. The van der Waals surface area contributed by atoms with Crippen LogP contribution in [0.25, 0.3) is 0 Å². The van der Waals surface area contributed by atoms with Crippen LogP contribution in [-0.2, 0) is 14.8 Å². The predicted molar refractivity (Wildman–Crippen MR) is 113 cm³/mol. The van der Waals surface area contributed by atoms with Crippen molar-refractivity contribution in [1.29, 1.82) is 5.26 Å². The minimum Gasteiger partial charge on any atom is -0.494 e. The molecule has 7 nitrogen and oxygen atoms in total. The van der Waals surface area contributed by atoms with Crippen LogP contribution in [0.1, 0.15) is 46.0 Å². The quantitative estimate of drug-likeness (QED) is 0.579. The number of carbonyl (C=O) groups is 1. The molecule has 0 aromatic heterocycles. The molecule has 1 amide bonds. The van der Waals surface area contributed by atoms with E-state index in [1.807, 2.05) is 38.1 Å². The van der Waals surface area contributed by atoms with Crippen molar-refractivity contribution in [3.05, 3.63) is 24.3 Å². The molecule has 1 aromatic rings. The van der Waals surface area contributed by atoms with Gasteiger partial charge in [-0.05, 0) is 50.5 Å². The van der Waals surface area contributed by atoms with E-state index >= 15 is 0 Å². The lowest BCUT2D eigenvalue weighted by molar-refractivity contribution is -0.123. The molecule has 0 N–H and O–H groups in total. The Morgan fingerprint density at radius 3 is 2.45 bits per heavy atom. The van der Waals surface area contributed by atoms with Crippen molar-refractivity contribution < 1.29 is 17.9 Å². The Labute approximate surface area is 174 Å². The van der Waals surface area contributed by atoms with Crippen molar-refractivity contribution in [3.63, 3.8) is 0 Å². The molecule has 1 aromatic carbocycles. The average molecular weight is 422 g/mol. The highest BCUT2D eigenvalue weighted by Crippen LogP contribution is 2.26. The molecule has 1 aliphatic rings. The van der Waals surface area contributed by atoms with Crippen molar-refractivity contribution in [2.75, 3.05) is 36.9 Å². The Kier molecular flexibility index (Phi) is 8.93. The van der Waals surface area contributed by atoms with Crippen LogP contribution in [0, 0.1) is 17.2 Å². The zero-order valence-electron chi connectivity index (χ0n) is 17.3. The fourth-order valence-electron chi connectivity index (χ4n) is 3.47. The molecule has 2 rings (SSSR count). The van der Waals surface area contributed by atoms with Gasteiger partial charge in [0.25, 0.3) is 0 Å². The van der Waals surface area contributed by atoms with E-state index in [0.717, 1.165) is 17.9 Å². The molecule has 0 bridgehead atoms. The largest absolute Gasteiger partial charge is 0.494 e. The van der Waals surface area contributed by atoms with Gasteiger partial charge in [0.15, 0.2) is 0 Å². The van der Waals surface area contributed by atoms with Gasteiger partial charge in [0, 0.05) is 31.2 Å². The van der Waals surface area contributed by atoms with Crippen molar-refractivity contribution in [1.82, 2.24) is 4.31 Å². The van der Waals surface area contributed by atoms with Gasteiger partial charge >= 0.3 is 0 Å². The highest BCUT2D eigenvalue weighted by Gasteiger charge is 2.33. The number of nitrogens with zero attached hydrogens (tertiary/aromatic N) is 3. The number of ether oxygens (including phenoxy) is 1. The lowest BCUT2D eigenvalue weighted by Gasteiger charge is -2.33. The third-order valence-electron chi connectivity index (χ3n) is 5.13. The van der Waals surface area contributed by atoms with E-state index in [-0.39, 0.29) is 24.0 Å². The molecule has 1 fully saturated rings. The standard InChI is InChI=1S/C21H31N3O4S/c1-3-5-17-29(26,27)23-15-11-18(12-16-23)21(25)24(14-6-13-22)19-7-9-20(10-8-19)28-4-2/h7-10,18H,3-6,11-12,14-17H2,1-2H3. The van der Waals surface area contributed by atoms with Crippen LogP contribution in [0.3, 0.4) is 0 Å². The number of benzene rings is 1. The topological polar surface area (TPSA) is 90.7 Å². The number of amides is 1. The molecule has 0 spiro atoms. The number of sulfonamides is 1. The molecule has 29 heavy (non-hydrogen) atoms. The first kappa shape index (κ1) is 23.2.